The van der Waals surface area contributed by atoms with Gasteiger partial charge in [0.15, 0.2) is 0 Å². The van der Waals surface area contributed by atoms with E-state index in [-0.39, 0.29) is 12.5 Å². The average Bonchev–Trinajstić information content (AvgIpc) is 2.39. The number of hydrogen-bond acceptors (Lipinski definition) is 2. The van der Waals surface area contributed by atoms with E-state index < -0.39 is 0 Å². The van der Waals surface area contributed by atoms with Crippen LogP contribution in [-0.2, 0) is 0 Å². The van der Waals surface area contributed by atoms with Crippen LogP contribution in [0.25, 0.3) is 0 Å². The van der Waals surface area contributed by atoms with Crippen LogP contribution < -0.4 is 5.32 Å². The summed E-state index contributed by atoms with van der Waals surface area (Å²) in [6.45, 7) is 4.94. The molecule has 2 N–H and O–H groups in total. The molecule has 0 saturated carbocycles. The molecule has 4 heteroatoms. The fourth-order valence-electron chi connectivity index (χ4n) is 2.09. The first kappa shape index (κ1) is 16.4. The van der Waals surface area contributed by atoms with Crippen molar-refractivity contribution in [1.82, 2.24) is 5.32 Å². The van der Waals surface area contributed by atoms with Crippen molar-refractivity contribution < 1.29 is 9.90 Å². The van der Waals surface area contributed by atoms with Crippen LogP contribution in [0.4, 0.5) is 0 Å². The fourth-order valence-corrected chi connectivity index (χ4v) is 2.70. The first-order chi connectivity index (χ1) is 9.10. The van der Waals surface area contributed by atoms with Gasteiger partial charge in [0.2, 0.25) is 0 Å². The topological polar surface area (TPSA) is 49.3 Å². The molecule has 0 aliphatic rings. The van der Waals surface area contributed by atoms with E-state index >= 15 is 0 Å². The second-order valence-electron chi connectivity index (χ2n) is 4.81. The highest BCUT2D eigenvalue weighted by Crippen LogP contribution is 2.17. The Morgan fingerprint density at radius 2 is 2.16 bits per heavy atom. The second kappa shape index (κ2) is 8.53. The van der Waals surface area contributed by atoms with Crippen molar-refractivity contribution in [3.8, 4) is 0 Å². The Morgan fingerprint density at radius 3 is 2.79 bits per heavy atom. The molecule has 19 heavy (non-hydrogen) atoms. The molecule has 3 nitrogen and oxygen atoms in total. The van der Waals surface area contributed by atoms with Crippen LogP contribution in [0, 0.1) is 16.4 Å². The number of nitrogens with one attached hydrogen (secondary N) is 1. The van der Waals surface area contributed by atoms with E-state index in [1.54, 1.807) is 0 Å². The van der Waals surface area contributed by atoms with Gasteiger partial charge < -0.3 is 10.4 Å². The van der Waals surface area contributed by atoms with Gasteiger partial charge in [0.05, 0.1) is 5.56 Å². The number of hydrogen-bond donors (Lipinski definition) is 2. The summed E-state index contributed by atoms with van der Waals surface area (Å²) in [5, 5.41) is 12.0. The molecule has 0 fully saturated rings. The van der Waals surface area contributed by atoms with E-state index in [9.17, 15) is 4.79 Å². The van der Waals surface area contributed by atoms with Crippen molar-refractivity contribution in [2.24, 2.45) is 5.92 Å². The zero-order valence-corrected chi connectivity index (χ0v) is 13.7. The lowest BCUT2D eigenvalue weighted by Crippen LogP contribution is -2.30. The molecule has 1 unspecified atom stereocenters. The Hall–Kier alpha value is -0.620. The molecule has 0 aliphatic carbocycles. The van der Waals surface area contributed by atoms with Crippen LogP contribution >= 0.6 is 22.6 Å². The first-order valence-electron chi connectivity index (χ1n) is 6.74. The van der Waals surface area contributed by atoms with Crippen LogP contribution in [0.3, 0.4) is 0 Å². The van der Waals surface area contributed by atoms with Gasteiger partial charge in [-0.2, -0.15) is 0 Å². The van der Waals surface area contributed by atoms with E-state index in [2.05, 4.69) is 34.8 Å². The molecule has 1 amide bonds. The zero-order chi connectivity index (χ0) is 14.3. The number of rotatable bonds is 7. The summed E-state index contributed by atoms with van der Waals surface area (Å²) < 4.78 is 1.01. The number of aryl methyl sites for hydroxylation is 1. The Morgan fingerprint density at radius 1 is 1.42 bits per heavy atom. The molecule has 0 spiro atoms. The zero-order valence-electron chi connectivity index (χ0n) is 11.6. The van der Waals surface area contributed by atoms with Crippen molar-refractivity contribution in [2.75, 3.05) is 13.2 Å². The average molecular weight is 375 g/mol. The molecule has 0 saturated heterocycles. The number of halogens is 1. The summed E-state index contributed by atoms with van der Waals surface area (Å²) in [5.74, 6) is 0.341. The highest BCUT2D eigenvalue weighted by molar-refractivity contribution is 14.1. The van der Waals surface area contributed by atoms with Crippen molar-refractivity contribution in [3.05, 3.63) is 32.9 Å². The smallest absolute Gasteiger partial charge is 0.252 e. The molecule has 0 aliphatic heterocycles. The highest BCUT2D eigenvalue weighted by Gasteiger charge is 2.13. The minimum absolute atomic E-state index is 0.0212. The predicted molar refractivity (Wildman–Crippen MR) is 86.3 cm³/mol. The third-order valence-corrected chi connectivity index (χ3v) is 4.65. The van der Waals surface area contributed by atoms with E-state index in [1.807, 2.05) is 25.1 Å². The minimum Gasteiger partial charge on any atom is -0.396 e. The number of aliphatic hydroxyl groups excluding tert-OH is 1. The molecule has 0 heterocycles. The van der Waals surface area contributed by atoms with Crippen molar-refractivity contribution in [2.45, 2.75) is 33.1 Å². The summed E-state index contributed by atoms with van der Waals surface area (Å²) in [7, 11) is 0. The summed E-state index contributed by atoms with van der Waals surface area (Å²) >= 11 is 2.21. The Bertz CT molecular complexity index is 415. The Kier molecular flexibility index (Phi) is 7.38. The number of carbonyl (C=O) groups is 1. The third-order valence-electron chi connectivity index (χ3n) is 3.22. The van der Waals surface area contributed by atoms with E-state index in [0.717, 1.165) is 34.0 Å². The molecular formula is C15H22INO2. The van der Waals surface area contributed by atoms with E-state index in [4.69, 9.17) is 5.11 Å². The van der Waals surface area contributed by atoms with Crippen molar-refractivity contribution >= 4 is 28.5 Å². The summed E-state index contributed by atoms with van der Waals surface area (Å²) in [4.78, 5) is 12.2. The van der Waals surface area contributed by atoms with Gasteiger partial charge in [0.1, 0.15) is 0 Å². The van der Waals surface area contributed by atoms with Gasteiger partial charge in [-0.15, -0.1) is 0 Å². The summed E-state index contributed by atoms with van der Waals surface area (Å²) in [6, 6.07) is 5.76. The van der Waals surface area contributed by atoms with Crippen LogP contribution in [0.1, 0.15) is 42.1 Å². The maximum atomic E-state index is 12.2. The molecule has 0 bridgehead atoms. The SMILES string of the molecule is CCCC(CCO)CNC(=O)c1cccc(C)c1I. The lowest BCUT2D eigenvalue weighted by atomic mass is 10.00. The van der Waals surface area contributed by atoms with Gasteiger partial charge >= 0.3 is 0 Å². The molecular weight excluding hydrogens is 353 g/mol. The monoisotopic (exact) mass is 375 g/mol. The lowest BCUT2D eigenvalue weighted by molar-refractivity contribution is 0.0942. The van der Waals surface area contributed by atoms with Gasteiger partial charge in [-0.1, -0.05) is 25.5 Å². The molecule has 0 radical (unpaired) electrons. The number of benzene rings is 1. The van der Waals surface area contributed by atoms with Crippen LogP contribution in [0.5, 0.6) is 0 Å². The molecule has 1 aromatic carbocycles. The van der Waals surface area contributed by atoms with Gasteiger partial charge in [-0.25, -0.2) is 0 Å². The maximum absolute atomic E-state index is 12.2. The fraction of sp³-hybridized carbons (Fsp3) is 0.533. The van der Waals surface area contributed by atoms with Crippen LogP contribution in [-0.4, -0.2) is 24.2 Å². The van der Waals surface area contributed by atoms with E-state index in [0.29, 0.717) is 12.5 Å². The molecule has 1 rings (SSSR count). The van der Waals surface area contributed by atoms with Crippen LogP contribution in [0.2, 0.25) is 0 Å². The normalized spacial score (nSPS) is 12.2. The van der Waals surface area contributed by atoms with E-state index in [1.165, 1.54) is 0 Å². The number of amides is 1. The lowest BCUT2D eigenvalue weighted by Gasteiger charge is -2.16. The van der Waals surface area contributed by atoms with Crippen molar-refractivity contribution in [1.29, 1.82) is 0 Å². The van der Waals surface area contributed by atoms with Crippen molar-refractivity contribution in [3.63, 3.8) is 0 Å². The summed E-state index contributed by atoms with van der Waals surface area (Å²) in [5.41, 5.74) is 1.86. The predicted octanol–water partition coefficient (Wildman–Crippen LogP) is 3.13. The Labute approximate surface area is 128 Å². The largest absolute Gasteiger partial charge is 0.396 e. The number of carbonyl (C=O) groups excluding carboxylic acids is 1. The molecule has 1 aromatic rings. The first-order valence-corrected chi connectivity index (χ1v) is 7.82. The highest BCUT2D eigenvalue weighted by atomic mass is 127. The van der Waals surface area contributed by atoms with Crippen LogP contribution in [0.15, 0.2) is 18.2 Å². The standard InChI is InChI=1S/C15H22INO2/c1-3-5-12(8-9-18)10-17-15(19)13-7-4-6-11(2)14(13)16/h4,6-7,12,18H,3,5,8-10H2,1-2H3,(H,17,19). The quantitative estimate of drug-likeness (QED) is 0.720. The second-order valence-corrected chi connectivity index (χ2v) is 5.89. The summed E-state index contributed by atoms with van der Waals surface area (Å²) in [6.07, 6.45) is 2.85. The Balaban J connectivity index is 2.61. The van der Waals surface area contributed by atoms with Gasteiger partial charge in [0, 0.05) is 16.7 Å². The van der Waals surface area contributed by atoms with Gasteiger partial charge in [-0.3, -0.25) is 4.79 Å². The minimum atomic E-state index is -0.0212. The molecule has 1 atom stereocenters. The molecule has 0 aromatic heterocycles. The van der Waals surface area contributed by atoms with Gasteiger partial charge in [0.25, 0.3) is 5.91 Å². The molecule has 106 valence electrons. The van der Waals surface area contributed by atoms with Gasteiger partial charge in [-0.05, 0) is 59.9 Å². The number of aliphatic hydroxyl groups is 1. The maximum Gasteiger partial charge on any atom is 0.252 e. The third kappa shape index (κ3) is 5.10.